The average molecular weight is 379 g/mol. The standard InChI is InChI=1S/C22H18FNO4/c1-2-18-22(26)24(13-14-5-8-16(23)9-6-14)17-12-15(7-10-19(17)28-18)21(25)20-4-3-11-27-20/h3-12,18H,2,13H2,1H3. The zero-order valence-electron chi connectivity index (χ0n) is 15.2. The Bertz CT molecular complexity index is 1010. The number of rotatable bonds is 5. The number of carbonyl (C=O) groups is 2. The van der Waals surface area contributed by atoms with Crippen molar-refractivity contribution in [3.8, 4) is 5.75 Å². The zero-order chi connectivity index (χ0) is 19.7. The Hall–Kier alpha value is -3.41. The molecule has 0 saturated heterocycles. The molecule has 0 bridgehead atoms. The molecule has 2 aromatic carbocycles. The van der Waals surface area contributed by atoms with E-state index >= 15 is 0 Å². The number of ether oxygens (including phenoxy) is 1. The molecule has 5 nitrogen and oxygen atoms in total. The summed E-state index contributed by atoms with van der Waals surface area (Å²) in [7, 11) is 0. The molecule has 1 amide bonds. The summed E-state index contributed by atoms with van der Waals surface area (Å²) in [4.78, 5) is 27.1. The minimum atomic E-state index is -0.598. The maximum Gasteiger partial charge on any atom is 0.268 e. The number of nitrogens with zero attached hydrogens (tertiary/aromatic N) is 1. The molecule has 0 N–H and O–H groups in total. The third-order valence-corrected chi connectivity index (χ3v) is 4.69. The molecule has 28 heavy (non-hydrogen) atoms. The highest BCUT2D eigenvalue weighted by atomic mass is 19.1. The number of hydrogen-bond acceptors (Lipinski definition) is 4. The maximum absolute atomic E-state index is 13.2. The highest BCUT2D eigenvalue weighted by Crippen LogP contribution is 2.37. The van der Waals surface area contributed by atoms with Crippen molar-refractivity contribution >= 4 is 17.4 Å². The zero-order valence-corrected chi connectivity index (χ0v) is 15.2. The molecule has 1 aliphatic heterocycles. The second-order valence-corrected chi connectivity index (χ2v) is 6.55. The molecule has 2 heterocycles. The number of ketones is 1. The van der Waals surface area contributed by atoms with Crippen LogP contribution in [-0.4, -0.2) is 17.8 Å². The van der Waals surface area contributed by atoms with Crippen molar-refractivity contribution in [1.82, 2.24) is 0 Å². The third-order valence-electron chi connectivity index (χ3n) is 4.69. The van der Waals surface area contributed by atoms with Crippen molar-refractivity contribution in [2.75, 3.05) is 4.90 Å². The molecule has 1 atom stereocenters. The summed E-state index contributed by atoms with van der Waals surface area (Å²) in [5.74, 6) is -0.0548. The van der Waals surface area contributed by atoms with Crippen LogP contribution >= 0.6 is 0 Å². The summed E-state index contributed by atoms with van der Waals surface area (Å²) in [6.45, 7) is 2.13. The van der Waals surface area contributed by atoms with Gasteiger partial charge in [0.25, 0.3) is 5.91 Å². The lowest BCUT2D eigenvalue weighted by Crippen LogP contribution is -2.45. The lowest BCUT2D eigenvalue weighted by atomic mass is 10.0. The van der Waals surface area contributed by atoms with Crippen molar-refractivity contribution in [3.05, 3.63) is 83.6 Å². The van der Waals surface area contributed by atoms with Gasteiger partial charge in [-0.05, 0) is 54.4 Å². The second-order valence-electron chi connectivity index (χ2n) is 6.55. The summed E-state index contributed by atoms with van der Waals surface area (Å²) >= 11 is 0. The first-order valence-electron chi connectivity index (χ1n) is 9.01. The highest BCUT2D eigenvalue weighted by molar-refractivity contribution is 6.09. The van der Waals surface area contributed by atoms with E-state index in [-0.39, 0.29) is 29.8 Å². The van der Waals surface area contributed by atoms with Gasteiger partial charge in [-0.2, -0.15) is 0 Å². The lowest BCUT2D eigenvalue weighted by Gasteiger charge is -2.34. The van der Waals surface area contributed by atoms with E-state index in [9.17, 15) is 14.0 Å². The molecule has 142 valence electrons. The Labute approximate surface area is 161 Å². The normalized spacial score (nSPS) is 15.9. The molecule has 3 aromatic rings. The van der Waals surface area contributed by atoms with Gasteiger partial charge >= 0.3 is 0 Å². The van der Waals surface area contributed by atoms with Gasteiger partial charge in [0.2, 0.25) is 5.78 Å². The van der Waals surface area contributed by atoms with E-state index in [0.29, 0.717) is 23.4 Å². The van der Waals surface area contributed by atoms with Crippen LogP contribution in [0.25, 0.3) is 0 Å². The topological polar surface area (TPSA) is 59.8 Å². The molecule has 1 aliphatic rings. The molecule has 0 radical (unpaired) electrons. The van der Waals surface area contributed by atoms with Crippen LogP contribution in [0.2, 0.25) is 0 Å². The fourth-order valence-electron chi connectivity index (χ4n) is 3.21. The Balaban J connectivity index is 1.73. The maximum atomic E-state index is 13.2. The predicted octanol–water partition coefficient (Wildman–Crippen LogP) is 4.35. The number of anilines is 1. The number of fused-ring (bicyclic) bond motifs is 1. The molecular weight excluding hydrogens is 361 g/mol. The minimum absolute atomic E-state index is 0.193. The first kappa shape index (κ1) is 18.0. The molecule has 6 heteroatoms. The van der Waals surface area contributed by atoms with Gasteiger partial charge in [0.15, 0.2) is 11.9 Å². The van der Waals surface area contributed by atoms with E-state index in [4.69, 9.17) is 9.15 Å². The van der Waals surface area contributed by atoms with Crippen molar-refractivity contribution in [2.24, 2.45) is 0 Å². The second kappa shape index (κ2) is 7.31. The summed E-state index contributed by atoms with van der Waals surface area (Å²) in [5, 5.41) is 0. The number of amides is 1. The van der Waals surface area contributed by atoms with Crippen LogP contribution in [0, 0.1) is 5.82 Å². The summed E-state index contributed by atoms with van der Waals surface area (Å²) < 4.78 is 24.2. The van der Waals surface area contributed by atoms with Crippen LogP contribution in [0.4, 0.5) is 10.1 Å². The molecule has 1 unspecified atom stereocenters. The molecule has 0 aliphatic carbocycles. The molecule has 4 rings (SSSR count). The van der Waals surface area contributed by atoms with Crippen LogP contribution in [0.1, 0.15) is 35.0 Å². The average Bonchev–Trinajstić information content (AvgIpc) is 3.25. The highest BCUT2D eigenvalue weighted by Gasteiger charge is 2.34. The fraction of sp³-hybridized carbons (Fsp3) is 0.182. The van der Waals surface area contributed by atoms with E-state index in [2.05, 4.69) is 0 Å². The van der Waals surface area contributed by atoms with Gasteiger partial charge in [-0.15, -0.1) is 0 Å². The predicted molar refractivity (Wildman–Crippen MR) is 101 cm³/mol. The van der Waals surface area contributed by atoms with Crippen molar-refractivity contribution in [3.63, 3.8) is 0 Å². The fourth-order valence-corrected chi connectivity index (χ4v) is 3.21. The van der Waals surface area contributed by atoms with Crippen molar-refractivity contribution < 1.29 is 23.1 Å². The van der Waals surface area contributed by atoms with E-state index in [1.165, 1.54) is 18.4 Å². The van der Waals surface area contributed by atoms with Crippen molar-refractivity contribution in [2.45, 2.75) is 26.0 Å². The molecule has 0 spiro atoms. The first-order valence-corrected chi connectivity index (χ1v) is 9.01. The van der Waals surface area contributed by atoms with Gasteiger partial charge in [-0.1, -0.05) is 19.1 Å². The van der Waals surface area contributed by atoms with E-state index in [1.54, 1.807) is 47.4 Å². The van der Waals surface area contributed by atoms with Gasteiger partial charge in [0, 0.05) is 5.56 Å². The lowest BCUT2D eigenvalue weighted by molar-refractivity contribution is -0.126. The van der Waals surface area contributed by atoms with Crippen LogP contribution in [-0.2, 0) is 11.3 Å². The van der Waals surface area contributed by atoms with Crippen molar-refractivity contribution in [1.29, 1.82) is 0 Å². The van der Waals surface area contributed by atoms with Gasteiger partial charge in [0.05, 0.1) is 18.5 Å². The summed E-state index contributed by atoms with van der Waals surface area (Å²) in [5.41, 5.74) is 1.68. The Kier molecular flexibility index (Phi) is 4.69. The number of furan rings is 1. The third kappa shape index (κ3) is 3.29. The summed E-state index contributed by atoms with van der Waals surface area (Å²) in [6, 6.07) is 14.2. The number of halogens is 1. The SMILES string of the molecule is CCC1Oc2ccc(C(=O)c3ccco3)cc2N(Cc2ccc(F)cc2)C1=O. The number of benzene rings is 2. The van der Waals surface area contributed by atoms with Crippen LogP contribution < -0.4 is 9.64 Å². The van der Waals surface area contributed by atoms with E-state index in [0.717, 1.165) is 5.56 Å². The Morgan fingerprint density at radius 2 is 1.93 bits per heavy atom. The summed E-state index contributed by atoms with van der Waals surface area (Å²) in [6.07, 6.45) is 1.36. The van der Waals surface area contributed by atoms with Gasteiger partial charge in [0.1, 0.15) is 11.6 Å². The Morgan fingerprint density at radius 1 is 1.14 bits per heavy atom. The monoisotopic (exact) mass is 379 g/mol. The largest absolute Gasteiger partial charge is 0.478 e. The van der Waals surface area contributed by atoms with Gasteiger partial charge in [-0.25, -0.2) is 4.39 Å². The van der Waals surface area contributed by atoms with E-state index < -0.39 is 6.10 Å². The van der Waals surface area contributed by atoms with Crippen LogP contribution in [0.5, 0.6) is 5.75 Å². The number of carbonyl (C=O) groups excluding carboxylic acids is 2. The molecule has 0 fully saturated rings. The smallest absolute Gasteiger partial charge is 0.268 e. The van der Waals surface area contributed by atoms with Crippen LogP contribution in [0.15, 0.2) is 65.3 Å². The quantitative estimate of drug-likeness (QED) is 0.618. The van der Waals surface area contributed by atoms with Gasteiger partial charge in [-0.3, -0.25) is 9.59 Å². The molecule has 1 aromatic heterocycles. The van der Waals surface area contributed by atoms with E-state index in [1.807, 2.05) is 6.92 Å². The first-order chi connectivity index (χ1) is 13.6. The van der Waals surface area contributed by atoms with Gasteiger partial charge < -0.3 is 14.1 Å². The minimum Gasteiger partial charge on any atom is -0.478 e. The molecular formula is C22H18FNO4. The molecule has 0 saturated carbocycles. The Morgan fingerprint density at radius 3 is 2.61 bits per heavy atom. The van der Waals surface area contributed by atoms with Crippen LogP contribution in [0.3, 0.4) is 0 Å². The number of hydrogen-bond donors (Lipinski definition) is 0.